The molecule has 0 aromatic carbocycles. The van der Waals surface area contributed by atoms with E-state index < -0.39 is 0 Å². The average Bonchev–Trinajstić information content (AvgIpc) is 3.69. The molecule has 0 atom stereocenters. The van der Waals surface area contributed by atoms with Crippen molar-refractivity contribution in [2.75, 3.05) is 10.2 Å². The lowest BCUT2D eigenvalue weighted by atomic mass is 10.5. The number of thiol groups is 3. The summed E-state index contributed by atoms with van der Waals surface area (Å²) in [6.07, 6.45) is 12.7. The van der Waals surface area contributed by atoms with Crippen molar-refractivity contribution in [3.05, 3.63) is 101 Å². The lowest BCUT2D eigenvalue weighted by Crippen LogP contribution is -1.71. The molecular formula is C23H20S15. The van der Waals surface area contributed by atoms with Crippen LogP contribution in [0.4, 0.5) is 0 Å². The van der Waals surface area contributed by atoms with E-state index in [1.807, 2.05) is 131 Å². The second-order valence-electron chi connectivity index (χ2n) is 6.72. The Morgan fingerprint density at radius 1 is 0.579 bits per heavy atom. The standard InChI is InChI=1S/C23H20S15/c1-14(24)2-4-16-27-8-20(35-16)31-12-33-22-10-29-18(37-22)6-7-19-30-11-23(38-19)34-13-32-21-9-28-17(36-21)5-3-15(25)26/h2-11,24-26H,12-13H2,1H3/b14-2-,16-4-,17-5-,18-6+,19-7+. The largest absolute Gasteiger partial charge is 0.148 e. The Balaban J connectivity index is 1.10. The summed E-state index contributed by atoms with van der Waals surface area (Å²) in [5, 5.41) is 11.1. The first-order chi connectivity index (χ1) is 18.4. The van der Waals surface area contributed by atoms with Crippen molar-refractivity contribution in [3.8, 4) is 0 Å². The molecule has 15 heteroatoms. The minimum absolute atomic E-state index is 0.726. The monoisotopic (exact) mass is 776 g/mol. The van der Waals surface area contributed by atoms with Gasteiger partial charge < -0.3 is 0 Å². The molecule has 0 N–H and O–H groups in total. The number of hydrogen-bond donors (Lipinski definition) is 3. The topological polar surface area (TPSA) is 0 Å². The Morgan fingerprint density at radius 3 is 1.26 bits per heavy atom. The van der Waals surface area contributed by atoms with Crippen LogP contribution in [0.25, 0.3) is 0 Å². The van der Waals surface area contributed by atoms with Crippen molar-refractivity contribution in [2.45, 2.75) is 6.92 Å². The van der Waals surface area contributed by atoms with E-state index in [9.17, 15) is 0 Å². The Kier molecular flexibility index (Phi) is 16.3. The highest BCUT2D eigenvalue weighted by Crippen LogP contribution is 2.55. The first kappa shape index (κ1) is 33.5. The van der Waals surface area contributed by atoms with Crippen molar-refractivity contribution in [1.29, 1.82) is 0 Å². The van der Waals surface area contributed by atoms with Crippen LogP contribution >= 0.6 is 179 Å². The van der Waals surface area contributed by atoms with Gasteiger partial charge in [0.1, 0.15) is 0 Å². The van der Waals surface area contributed by atoms with Crippen LogP contribution in [-0.4, -0.2) is 10.2 Å². The fourth-order valence-electron chi connectivity index (χ4n) is 2.32. The van der Waals surface area contributed by atoms with Crippen LogP contribution in [0.3, 0.4) is 0 Å². The molecule has 202 valence electrons. The summed E-state index contributed by atoms with van der Waals surface area (Å²) in [6.45, 7) is 2.00. The summed E-state index contributed by atoms with van der Waals surface area (Å²) in [7, 11) is 0. The Hall–Kier alpha value is 2.65. The quantitative estimate of drug-likeness (QED) is 0.135. The maximum atomic E-state index is 4.33. The molecule has 0 unspecified atom stereocenters. The SMILES string of the molecule is C/C(S)=C/C=C1/SC=C(SCSC2=CS/C(=C\C=C3/SC=C(SCSC4=CS/C(=C/C=C(S)S)S4)S3)S2)S1. The van der Waals surface area contributed by atoms with Crippen molar-refractivity contribution in [3.63, 3.8) is 0 Å². The molecule has 4 rings (SSSR count). The van der Waals surface area contributed by atoms with E-state index in [1.54, 1.807) is 23.5 Å². The van der Waals surface area contributed by atoms with Gasteiger partial charge in [-0.1, -0.05) is 100 Å². The third kappa shape index (κ3) is 12.7. The van der Waals surface area contributed by atoms with Crippen molar-refractivity contribution >= 4 is 179 Å². The summed E-state index contributed by atoms with van der Waals surface area (Å²) < 4.78 is 11.5. The third-order valence-electron chi connectivity index (χ3n) is 3.88. The van der Waals surface area contributed by atoms with E-state index in [0.29, 0.717) is 0 Å². The molecule has 0 saturated heterocycles. The van der Waals surface area contributed by atoms with E-state index in [4.69, 9.17) is 0 Å². The van der Waals surface area contributed by atoms with Crippen molar-refractivity contribution in [2.24, 2.45) is 0 Å². The van der Waals surface area contributed by atoms with Crippen LogP contribution in [0.2, 0.25) is 0 Å². The summed E-state index contributed by atoms with van der Waals surface area (Å²) in [4.78, 5) is 1.03. The lowest BCUT2D eigenvalue weighted by Gasteiger charge is -2.02. The van der Waals surface area contributed by atoms with Gasteiger partial charge in [-0.2, -0.15) is 0 Å². The highest BCUT2D eigenvalue weighted by atomic mass is 32.3. The Labute approximate surface area is 293 Å². The zero-order chi connectivity index (χ0) is 26.7. The normalized spacial score (nSPS) is 24.1. The molecule has 0 radical (unpaired) electrons. The predicted molar refractivity (Wildman–Crippen MR) is 214 cm³/mol. The average molecular weight is 777 g/mol. The van der Waals surface area contributed by atoms with Crippen LogP contribution in [-0.2, 0) is 0 Å². The summed E-state index contributed by atoms with van der Waals surface area (Å²) >= 11 is 35.0. The van der Waals surface area contributed by atoms with Crippen LogP contribution in [0.1, 0.15) is 6.92 Å². The van der Waals surface area contributed by atoms with Gasteiger partial charge >= 0.3 is 0 Å². The van der Waals surface area contributed by atoms with E-state index >= 15 is 0 Å². The molecule has 4 aliphatic rings. The van der Waals surface area contributed by atoms with Gasteiger partial charge in [-0.05, 0) is 63.8 Å². The molecule has 0 aromatic rings. The van der Waals surface area contributed by atoms with Gasteiger partial charge in [-0.15, -0.1) is 84.9 Å². The molecule has 38 heavy (non-hydrogen) atoms. The maximum Gasteiger partial charge on any atom is 0.0530 e. The van der Waals surface area contributed by atoms with Crippen LogP contribution < -0.4 is 0 Å². The van der Waals surface area contributed by atoms with Gasteiger partial charge in [0.2, 0.25) is 0 Å². The Bertz CT molecular complexity index is 1110. The molecule has 0 amide bonds. The summed E-state index contributed by atoms with van der Waals surface area (Å²) in [6, 6.07) is 0. The maximum absolute atomic E-state index is 4.33. The minimum atomic E-state index is 0.726. The lowest BCUT2D eigenvalue weighted by molar-refractivity contribution is 1.69. The second-order valence-corrected chi connectivity index (χ2v) is 23.6. The molecule has 0 bridgehead atoms. The van der Waals surface area contributed by atoms with Gasteiger partial charge in [0.25, 0.3) is 0 Å². The molecule has 4 heterocycles. The highest BCUT2D eigenvalue weighted by Gasteiger charge is 2.17. The summed E-state index contributed by atoms with van der Waals surface area (Å²) in [5.41, 5.74) is 0. The van der Waals surface area contributed by atoms with E-state index in [1.165, 1.54) is 33.9 Å². The summed E-state index contributed by atoms with van der Waals surface area (Å²) in [5.74, 6) is 0. The van der Waals surface area contributed by atoms with Gasteiger partial charge in [-0.3, -0.25) is 0 Å². The van der Waals surface area contributed by atoms with Gasteiger partial charge in [0.15, 0.2) is 0 Å². The fourth-order valence-corrected chi connectivity index (χ4v) is 17.5. The molecule has 4 aliphatic heterocycles. The molecule has 0 nitrogen and oxygen atoms in total. The molecule has 0 saturated carbocycles. The number of rotatable bonds is 11. The molecule has 0 spiro atoms. The first-order valence-corrected chi connectivity index (χ1v) is 22.5. The number of hydrogen-bond acceptors (Lipinski definition) is 15. The molecule has 0 aliphatic carbocycles. The first-order valence-electron chi connectivity index (χ1n) is 10.4. The molecule has 0 fully saturated rings. The smallest absolute Gasteiger partial charge is 0.0530 e. The van der Waals surface area contributed by atoms with Crippen LogP contribution in [0, 0.1) is 0 Å². The number of thioether (sulfide) groups is 12. The fraction of sp³-hybridized carbons (Fsp3) is 0.130. The van der Waals surface area contributed by atoms with Gasteiger partial charge in [0, 0.05) is 31.4 Å². The van der Waals surface area contributed by atoms with Gasteiger partial charge in [0.05, 0.1) is 16.9 Å². The Morgan fingerprint density at radius 2 is 0.921 bits per heavy atom. The van der Waals surface area contributed by atoms with Crippen molar-refractivity contribution in [1.82, 2.24) is 0 Å². The van der Waals surface area contributed by atoms with Gasteiger partial charge in [-0.25, -0.2) is 0 Å². The third-order valence-corrected chi connectivity index (χ3v) is 19.1. The zero-order valence-electron chi connectivity index (χ0n) is 19.4. The molecular weight excluding hydrogens is 757 g/mol. The van der Waals surface area contributed by atoms with E-state index in [0.717, 1.165) is 19.3 Å². The minimum Gasteiger partial charge on any atom is -0.148 e. The van der Waals surface area contributed by atoms with Crippen LogP contribution in [0.15, 0.2) is 101 Å². The van der Waals surface area contributed by atoms with E-state index in [2.05, 4.69) is 89.9 Å². The zero-order valence-corrected chi connectivity index (χ0v) is 31.9. The molecule has 0 aromatic heterocycles. The predicted octanol–water partition coefficient (Wildman–Crippen LogP) is 13.8. The van der Waals surface area contributed by atoms with E-state index in [-0.39, 0.29) is 0 Å². The highest BCUT2D eigenvalue weighted by molar-refractivity contribution is 8.41. The number of allylic oxidation sites excluding steroid dienone is 7. The second kappa shape index (κ2) is 18.5. The van der Waals surface area contributed by atoms with Crippen LogP contribution in [0.5, 0.6) is 0 Å². The van der Waals surface area contributed by atoms with Crippen molar-refractivity contribution < 1.29 is 0 Å².